The topological polar surface area (TPSA) is 17.1 Å². The Morgan fingerprint density at radius 3 is 2.00 bits per heavy atom. The zero-order valence-electron chi connectivity index (χ0n) is 7.64. The van der Waals surface area contributed by atoms with Gasteiger partial charge >= 0.3 is 5.12 Å². The molecule has 1 aliphatic rings. The van der Waals surface area contributed by atoms with Crippen LogP contribution in [0.15, 0.2) is 0 Å². The monoisotopic (exact) mass is 173 g/mol. The predicted octanol–water partition coefficient (Wildman–Crippen LogP) is 1.97. The molecule has 0 amide bonds. The van der Waals surface area contributed by atoms with Crippen LogP contribution in [-0.4, -0.2) is 16.6 Å². The van der Waals surface area contributed by atoms with Crippen LogP contribution in [0.3, 0.4) is 0 Å². The van der Waals surface area contributed by atoms with Crippen LogP contribution in [0.25, 0.3) is 0 Å². The highest BCUT2D eigenvalue weighted by atomic mass is 32.2. The van der Waals surface area contributed by atoms with Gasteiger partial charge in [-0.2, -0.15) is 0 Å². The molecule has 0 N–H and O–H groups in total. The molecule has 0 aromatic rings. The first-order valence-electron chi connectivity index (χ1n) is 4.24. The summed E-state index contributed by atoms with van der Waals surface area (Å²) >= 11 is 0. The Hall–Kier alpha value is 0.0200. The van der Waals surface area contributed by atoms with Crippen LogP contribution in [0.4, 0.5) is 0 Å². The van der Waals surface area contributed by atoms with Crippen molar-refractivity contribution < 1.29 is 4.79 Å². The zero-order valence-corrected chi connectivity index (χ0v) is 8.46. The van der Waals surface area contributed by atoms with Crippen LogP contribution in [0.1, 0.15) is 33.6 Å². The molecular weight excluding hydrogens is 156 g/mol. The molecule has 11 heavy (non-hydrogen) atoms. The van der Waals surface area contributed by atoms with E-state index in [0.717, 1.165) is 11.5 Å². The molecule has 0 unspecified atom stereocenters. The highest BCUT2D eigenvalue weighted by molar-refractivity contribution is 8.11. The lowest BCUT2D eigenvalue weighted by Gasteiger charge is -2.13. The first-order valence-corrected chi connectivity index (χ1v) is 5.80. The average molecular weight is 173 g/mol. The van der Waals surface area contributed by atoms with Gasteiger partial charge in [0.2, 0.25) is 0 Å². The fourth-order valence-electron chi connectivity index (χ4n) is 1.27. The van der Waals surface area contributed by atoms with Crippen molar-refractivity contribution in [3.8, 4) is 0 Å². The molecule has 0 spiro atoms. The highest BCUT2D eigenvalue weighted by Gasteiger charge is 2.40. The average Bonchev–Trinajstić information content (AvgIpc) is 2.34. The van der Waals surface area contributed by atoms with Crippen LogP contribution in [0, 0.1) is 5.41 Å². The second-order valence-electron chi connectivity index (χ2n) is 4.15. The third-order valence-corrected chi connectivity index (χ3v) is 4.61. The Bertz CT molecular complexity index is 151. The molecule has 1 saturated heterocycles. The summed E-state index contributed by atoms with van der Waals surface area (Å²) in [4.78, 5) is 11.7. The molecule has 0 aromatic heterocycles. The van der Waals surface area contributed by atoms with E-state index in [1.807, 2.05) is 20.8 Å². The van der Waals surface area contributed by atoms with Gasteiger partial charge in [0.05, 0.1) is 16.3 Å². The predicted molar refractivity (Wildman–Crippen MR) is 50.8 cm³/mol. The van der Waals surface area contributed by atoms with E-state index >= 15 is 0 Å². The second kappa shape index (κ2) is 3.18. The summed E-state index contributed by atoms with van der Waals surface area (Å²) in [6, 6.07) is 0. The van der Waals surface area contributed by atoms with E-state index in [-0.39, 0.29) is 16.3 Å². The first-order chi connectivity index (χ1) is 5.02. The lowest BCUT2D eigenvalue weighted by Crippen LogP contribution is -2.29. The Kier molecular flexibility index (Phi) is 2.63. The van der Waals surface area contributed by atoms with Crippen molar-refractivity contribution in [2.24, 2.45) is 5.41 Å². The van der Waals surface area contributed by atoms with Gasteiger partial charge in [0.1, 0.15) is 11.5 Å². The van der Waals surface area contributed by atoms with Crippen molar-refractivity contribution in [3.63, 3.8) is 0 Å². The Labute approximate surface area is 71.9 Å². The van der Waals surface area contributed by atoms with Crippen LogP contribution >= 0.6 is 0 Å². The number of rotatable bonds is 0. The second-order valence-corrected chi connectivity index (χ2v) is 6.32. The standard InChI is InChI=1S/C9H17OS/c1-9(2,3)8(10)11-6-4-5-7-11/h4-7H2,1-3H3/q+1. The minimum absolute atomic E-state index is 0.104. The summed E-state index contributed by atoms with van der Waals surface area (Å²) in [5, 5.41) is 0.495. The smallest absolute Gasteiger partial charge is 0.237 e. The number of carbonyl (C=O) groups excluding carboxylic acids is 1. The van der Waals surface area contributed by atoms with Gasteiger partial charge in [-0.1, -0.05) is 0 Å². The minimum Gasteiger partial charge on any atom is -0.237 e. The van der Waals surface area contributed by atoms with E-state index in [0.29, 0.717) is 5.12 Å². The Balaban J connectivity index is 2.53. The SMILES string of the molecule is CC(C)(C)C(=O)[S+]1CCCC1. The molecule has 1 fully saturated rings. The quantitative estimate of drug-likeness (QED) is 0.512. The molecule has 0 aromatic carbocycles. The fraction of sp³-hybridized carbons (Fsp3) is 0.889. The maximum Gasteiger partial charge on any atom is 0.336 e. The van der Waals surface area contributed by atoms with E-state index in [1.54, 1.807) is 0 Å². The Morgan fingerprint density at radius 1 is 1.18 bits per heavy atom. The molecule has 1 aliphatic heterocycles. The van der Waals surface area contributed by atoms with Crippen LogP contribution < -0.4 is 0 Å². The van der Waals surface area contributed by atoms with Crippen molar-refractivity contribution >= 4 is 16.0 Å². The van der Waals surface area contributed by atoms with Gasteiger partial charge in [-0.15, -0.1) is 0 Å². The number of carbonyl (C=O) groups is 1. The van der Waals surface area contributed by atoms with E-state index < -0.39 is 0 Å². The third-order valence-electron chi connectivity index (χ3n) is 1.91. The minimum atomic E-state index is -0.104. The lowest BCUT2D eigenvalue weighted by atomic mass is 10.00. The molecule has 0 radical (unpaired) electrons. The fourth-order valence-corrected chi connectivity index (χ4v) is 3.82. The molecule has 0 atom stereocenters. The van der Waals surface area contributed by atoms with Gasteiger partial charge in [0.15, 0.2) is 0 Å². The summed E-state index contributed by atoms with van der Waals surface area (Å²) in [6.07, 6.45) is 2.54. The first kappa shape index (κ1) is 9.11. The summed E-state index contributed by atoms with van der Waals surface area (Å²) < 4.78 is 0. The maximum atomic E-state index is 11.7. The molecular formula is C9H17OS+. The highest BCUT2D eigenvalue weighted by Crippen LogP contribution is 2.25. The number of hydrogen-bond acceptors (Lipinski definition) is 1. The Morgan fingerprint density at radius 2 is 1.64 bits per heavy atom. The van der Waals surface area contributed by atoms with E-state index in [1.165, 1.54) is 12.8 Å². The van der Waals surface area contributed by atoms with Crippen LogP contribution in [0.2, 0.25) is 0 Å². The molecule has 64 valence electrons. The number of hydrogen-bond donors (Lipinski definition) is 0. The normalized spacial score (nSPS) is 20.6. The van der Waals surface area contributed by atoms with E-state index in [2.05, 4.69) is 0 Å². The van der Waals surface area contributed by atoms with Crippen molar-refractivity contribution in [2.75, 3.05) is 11.5 Å². The van der Waals surface area contributed by atoms with E-state index in [4.69, 9.17) is 0 Å². The summed E-state index contributed by atoms with van der Waals surface area (Å²) in [5.74, 6) is 2.33. The summed E-state index contributed by atoms with van der Waals surface area (Å²) in [6.45, 7) is 6.09. The van der Waals surface area contributed by atoms with Crippen molar-refractivity contribution in [3.05, 3.63) is 0 Å². The van der Waals surface area contributed by atoms with E-state index in [9.17, 15) is 4.79 Å². The molecule has 2 heteroatoms. The van der Waals surface area contributed by atoms with Gasteiger partial charge in [-0.25, -0.2) is 4.79 Å². The molecule has 1 heterocycles. The van der Waals surface area contributed by atoms with Crippen LogP contribution in [-0.2, 0) is 15.7 Å². The van der Waals surface area contributed by atoms with Gasteiger partial charge in [0.25, 0.3) is 0 Å². The lowest BCUT2D eigenvalue weighted by molar-refractivity contribution is -0.117. The third kappa shape index (κ3) is 2.22. The molecule has 1 rings (SSSR count). The largest absolute Gasteiger partial charge is 0.336 e. The maximum absolute atomic E-state index is 11.7. The van der Waals surface area contributed by atoms with Crippen molar-refractivity contribution in [2.45, 2.75) is 33.6 Å². The van der Waals surface area contributed by atoms with Crippen LogP contribution in [0.5, 0.6) is 0 Å². The van der Waals surface area contributed by atoms with Gasteiger partial charge in [-0.3, -0.25) is 0 Å². The van der Waals surface area contributed by atoms with Gasteiger partial charge < -0.3 is 0 Å². The zero-order chi connectivity index (χ0) is 8.48. The van der Waals surface area contributed by atoms with Gasteiger partial charge in [0, 0.05) is 0 Å². The summed E-state index contributed by atoms with van der Waals surface area (Å²) in [5.41, 5.74) is -0.104. The molecule has 0 aliphatic carbocycles. The molecule has 0 saturated carbocycles. The molecule has 1 nitrogen and oxygen atoms in total. The van der Waals surface area contributed by atoms with Crippen molar-refractivity contribution in [1.82, 2.24) is 0 Å². The molecule has 0 bridgehead atoms. The van der Waals surface area contributed by atoms with Gasteiger partial charge in [-0.05, 0) is 33.6 Å². The summed E-state index contributed by atoms with van der Waals surface area (Å²) in [7, 11) is 0.120. The van der Waals surface area contributed by atoms with Crippen molar-refractivity contribution in [1.29, 1.82) is 0 Å².